The van der Waals surface area contributed by atoms with Crippen molar-refractivity contribution in [2.24, 2.45) is 0 Å². The normalized spacial score (nSPS) is 12.9. The van der Waals surface area contributed by atoms with E-state index in [2.05, 4.69) is 0 Å². The molecule has 20 heavy (non-hydrogen) atoms. The van der Waals surface area contributed by atoms with Crippen LogP contribution in [0.3, 0.4) is 0 Å². The fraction of sp³-hybridized carbons (Fsp3) is 0.250. The van der Waals surface area contributed by atoms with E-state index in [9.17, 15) is 31.1 Å². The van der Waals surface area contributed by atoms with Crippen molar-refractivity contribution in [3.05, 3.63) is 40.5 Å². The van der Waals surface area contributed by atoms with Crippen LogP contribution in [-0.2, 0) is 17.1 Å². The van der Waals surface area contributed by atoms with Crippen LogP contribution in [0.15, 0.2) is 18.2 Å². The Balaban J connectivity index is 3.55. The third-order valence-electron chi connectivity index (χ3n) is 2.49. The smallest absolute Gasteiger partial charge is 0.416 e. The third kappa shape index (κ3) is 3.75. The topological polar surface area (TPSA) is 37.3 Å². The van der Waals surface area contributed by atoms with E-state index in [4.69, 9.17) is 5.11 Å². The molecule has 0 aliphatic rings. The Bertz CT molecular complexity index is 554. The molecule has 8 heteroatoms. The van der Waals surface area contributed by atoms with E-state index < -0.39 is 40.6 Å². The van der Waals surface area contributed by atoms with Gasteiger partial charge in [-0.25, -0.2) is 4.79 Å². The van der Waals surface area contributed by atoms with Crippen LogP contribution < -0.4 is 0 Å². The first kappa shape index (κ1) is 16.1. The van der Waals surface area contributed by atoms with Crippen molar-refractivity contribution in [1.82, 2.24) is 0 Å². The van der Waals surface area contributed by atoms with Crippen LogP contribution in [0, 0.1) is 6.92 Å². The van der Waals surface area contributed by atoms with Gasteiger partial charge in [0.05, 0.1) is 11.1 Å². The molecule has 1 rings (SSSR count). The highest BCUT2D eigenvalue weighted by atomic mass is 19.4. The molecular weight excluding hydrogens is 290 g/mol. The number of carbonyl (C=O) groups is 1. The van der Waals surface area contributed by atoms with Crippen LogP contribution in [0.1, 0.15) is 22.3 Å². The summed E-state index contributed by atoms with van der Waals surface area (Å²) in [6.45, 7) is 0.977. The first-order chi connectivity index (χ1) is 8.93. The average molecular weight is 298 g/mol. The van der Waals surface area contributed by atoms with E-state index in [1.54, 1.807) is 0 Å². The van der Waals surface area contributed by atoms with Crippen LogP contribution in [0.2, 0.25) is 0 Å². The average Bonchev–Trinajstić information content (AvgIpc) is 2.24. The molecule has 0 bridgehead atoms. The molecule has 0 aromatic heterocycles. The van der Waals surface area contributed by atoms with E-state index in [0.717, 1.165) is 6.92 Å². The second kappa shape index (κ2) is 5.18. The first-order valence-corrected chi connectivity index (χ1v) is 5.13. The summed E-state index contributed by atoms with van der Waals surface area (Å²) in [5.41, 5.74) is -3.85. The number of halogens is 6. The zero-order valence-electron chi connectivity index (χ0n) is 9.93. The summed E-state index contributed by atoms with van der Waals surface area (Å²) >= 11 is 0. The minimum absolute atomic E-state index is 0.00738. The Hall–Kier alpha value is -1.99. The maximum Gasteiger partial charge on any atom is 0.416 e. The molecule has 0 heterocycles. The van der Waals surface area contributed by atoms with Gasteiger partial charge in [-0.3, -0.25) is 0 Å². The molecule has 2 nitrogen and oxygen atoms in total. The van der Waals surface area contributed by atoms with Crippen molar-refractivity contribution in [3.63, 3.8) is 0 Å². The lowest BCUT2D eigenvalue weighted by atomic mass is 9.97. The molecule has 0 fully saturated rings. The van der Waals surface area contributed by atoms with Gasteiger partial charge in [-0.15, -0.1) is 0 Å². The van der Waals surface area contributed by atoms with Crippen molar-refractivity contribution >= 4 is 12.0 Å². The van der Waals surface area contributed by atoms with Crippen LogP contribution >= 0.6 is 0 Å². The summed E-state index contributed by atoms with van der Waals surface area (Å²) in [6.07, 6.45) is -8.75. The second-order valence-corrected chi connectivity index (χ2v) is 3.91. The van der Waals surface area contributed by atoms with E-state index in [1.807, 2.05) is 0 Å². The molecule has 0 unspecified atom stereocenters. The largest absolute Gasteiger partial charge is 0.478 e. The second-order valence-electron chi connectivity index (χ2n) is 3.91. The van der Waals surface area contributed by atoms with Gasteiger partial charge in [-0.1, -0.05) is 0 Å². The molecule has 0 aliphatic heterocycles. The maximum absolute atomic E-state index is 12.7. The maximum atomic E-state index is 12.7. The Labute approximate surface area is 109 Å². The lowest BCUT2D eigenvalue weighted by molar-refractivity contribution is -0.143. The zero-order chi connectivity index (χ0) is 15.7. The van der Waals surface area contributed by atoms with Crippen LogP contribution in [0.4, 0.5) is 26.3 Å². The zero-order valence-corrected chi connectivity index (χ0v) is 9.93. The molecular formula is C12H8F6O2. The number of hydrogen-bond acceptors (Lipinski definition) is 1. The highest BCUT2D eigenvalue weighted by Gasteiger charge is 2.38. The predicted octanol–water partition coefficient (Wildman–Crippen LogP) is 4.13. The van der Waals surface area contributed by atoms with E-state index in [-0.39, 0.29) is 6.07 Å². The summed E-state index contributed by atoms with van der Waals surface area (Å²) in [5.74, 6) is -1.48. The fourth-order valence-corrected chi connectivity index (χ4v) is 1.53. The SMILES string of the molecule is Cc1c(/C=C/C(=O)O)cc(C(F)(F)F)cc1C(F)(F)F. The first-order valence-electron chi connectivity index (χ1n) is 5.13. The molecule has 0 saturated carbocycles. The standard InChI is InChI=1S/C12H8F6O2/c1-6-7(2-3-10(19)20)4-8(11(13,14)15)5-9(6)12(16,17)18/h2-5H,1H3,(H,19,20)/b3-2+. The summed E-state index contributed by atoms with van der Waals surface area (Å²) < 4.78 is 75.7. The van der Waals surface area contributed by atoms with Crippen molar-refractivity contribution in [1.29, 1.82) is 0 Å². The Kier molecular flexibility index (Phi) is 4.16. The van der Waals surface area contributed by atoms with Gasteiger partial charge in [0.1, 0.15) is 0 Å². The van der Waals surface area contributed by atoms with Gasteiger partial charge in [-0.2, -0.15) is 26.3 Å². The molecule has 1 aromatic rings. The van der Waals surface area contributed by atoms with Gasteiger partial charge in [0.25, 0.3) is 0 Å². The molecule has 1 N–H and O–H groups in total. The summed E-state index contributed by atoms with van der Waals surface area (Å²) in [7, 11) is 0. The highest BCUT2D eigenvalue weighted by molar-refractivity contribution is 5.85. The Morgan fingerprint density at radius 3 is 2.05 bits per heavy atom. The van der Waals surface area contributed by atoms with E-state index >= 15 is 0 Å². The number of hydrogen-bond donors (Lipinski definition) is 1. The van der Waals surface area contributed by atoms with E-state index in [1.165, 1.54) is 0 Å². The lowest BCUT2D eigenvalue weighted by Crippen LogP contribution is -2.13. The summed E-state index contributed by atoms with van der Waals surface area (Å²) in [4.78, 5) is 10.3. The fourth-order valence-electron chi connectivity index (χ4n) is 1.53. The van der Waals surface area contributed by atoms with Gasteiger partial charge in [0.2, 0.25) is 0 Å². The highest BCUT2D eigenvalue weighted by Crippen LogP contribution is 2.38. The van der Waals surface area contributed by atoms with Crippen molar-refractivity contribution in [2.45, 2.75) is 19.3 Å². The van der Waals surface area contributed by atoms with Gasteiger partial charge in [0, 0.05) is 6.08 Å². The molecule has 0 saturated heterocycles. The van der Waals surface area contributed by atoms with Gasteiger partial charge in [0.15, 0.2) is 0 Å². The minimum Gasteiger partial charge on any atom is -0.478 e. The summed E-state index contributed by atoms with van der Waals surface area (Å²) in [5, 5.41) is 8.39. The summed E-state index contributed by atoms with van der Waals surface area (Å²) in [6, 6.07) is 0.484. The quantitative estimate of drug-likeness (QED) is 0.658. The monoisotopic (exact) mass is 298 g/mol. The number of carboxylic acid groups (broad SMARTS) is 1. The molecule has 0 aliphatic carbocycles. The van der Waals surface area contributed by atoms with Crippen molar-refractivity contribution in [3.8, 4) is 0 Å². The van der Waals surface area contributed by atoms with Crippen molar-refractivity contribution < 1.29 is 36.2 Å². The Morgan fingerprint density at radius 2 is 1.65 bits per heavy atom. The molecule has 0 amide bonds. The molecule has 0 radical (unpaired) electrons. The number of carboxylic acids is 1. The van der Waals surface area contributed by atoms with E-state index in [0.29, 0.717) is 18.2 Å². The molecule has 110 valence electrons. The van der Waals surface area contributed by atoms with Gasteiger partial charge in [-0.05, 0) is 36.3 Å². The number of rotatable bonds is 2. The van der Waals surface area contributed by atoms with Crippen LogP contribution in [-0.4, -0.2) is 11.1 Å². The minimum atomic E-state index is -4.96. The van der Waals surface area contributed by atoms with Gasteiger partial charge >= 0.3 is 18.3 Å². The number of aliphatic carboxylic acids is 1. The predicted molar refractivity (Wildman–Crippen MR) is 57.9 cm³/mol. The number of benzene rings is 1. The molecule has 0 atom stereocenters. The lowest BCUT2D eigenvalue weighted by Gasteiger charge is -2.16. The van der Waals surface area contributed by atoms with Gasteiger partial charge < -0.3 is 5.11 Å². The van der Waals surface area contributed by atoms with Crippen LogP contribution in [0.25, 0.3) is 6.08 Å². The molecule has 0 spiro atoms. The Morgan fingerprint density at radius 1 is 1.10 bits per heavy atom. The van der Waals surface area contributed by atoms with Crippen molar-refractivity contribution in [2.75, 3.05) is 0 Å². The number of alkyl halides is 6. The van der Waals surface area contributed by atoms with Crippen LogP contribution in [0.5, 0.6) is 0 Å². The third-order valence-corrected chi connectivity index (χ3v) is 2.49. The molecule has 1 aromatic carbocycles.